The van der Waals surface area contributed by atoms with Crippen LogP contribution in [-0.4, -0.2) is 55.0 Å². The van der Waals surface area contributed by atoms with Crippen LogP contribution in [0.4, 0.5) is 11.4 Å². The van der Waals surface area contributed by atoms with E-state index in [0.29, 0.717) is 36.3 Å². The van der Waals surface area contributed by atoms with Gasteiger partial charge in [0.15, 0.2) is 5.78 Å². The van der Waals surface area contributed by atoms with Crippen molar-refractivity contribution >= 4 is 34.7 Å². The van der Waals surface area contributed by atoms with Crippen LogP contribution in [-0.2, 0) is 9.53 Å². The Kier molecular flexibility index (Phi) is 5.46. The standard InChI is InChI=1S/C23H23N3O4/c1-14-3-8-19-17(11-14)22(28)18-12-26(10-9-20(18)25-19)13-21(27)24-16-6-4-15(5-7-16)23(29)30-2/h3-8,11,18H,9-10,12-13H2,1-2H3,(H,24,27). The van der Waals surface area contributed by atoms with Crippen LogP contribution in [0.5, 0.6) is 0 Å². The molecule has 1 N–H and O–H groups in total. The molecule has 7 heteroatoms. The number of carbonyl (C=O) groups is 3. The lowest BCUT2D eigenvalue weighted by Crippen LogP contribution is -2.47. The summed E-state index contributed by atoms with van der Waals surface area (Å²) >= 11 is 0. The van der Waals surface area contributed by atoms with Crippen molar-refractivity contribution < 1.29 is 19.1 Å². The summed E-state index contributed by atoms with van der Waals surface area (Å²) in [6, 6.07) is 12.3. The zero-order valence-electron chi connectivity index (χ0n) is 17.0. The first-order chi connectivity index (χ1) is 14.4. The smallest absolute Gasteiger partial charge is 0.337 e. The summed E-state index contributed by atoms with van der Waals surface area (Å²) in [7, 11) is 1.32. The highest BCUT2D eigenvalue weighted by Gasteiger charge is 2.36. The summed E-state index contributed by atoms with van der Waals surface area (Å²) in [5, 5.41) is 2.83. The van der Waals surface area contributed by atoms with Crippen molar-refractivity contribution in [2.24, 2.45) is 10.9 Å². The van der Waals surface area contributed by atoms with Crippen molar-refractivity contribution in [2.45, 2.75) is 13.3 Å². The number of esters is 1. The lowest BCUT2D eigenvalue weighted by atomic mass is 9.84. The van der Waals surface area contributed by atoms with Crippen LogP contribution in [0.25, 0.3) is 0 Å². The van der Waals surface area contributed by atoms with Gasteiger partial charge in [0, 0.05) is 30.1 Å². The molecule has 2 heterocycles. The van der Waals surface area contributed by atoms with Gasteiger partial charge in [-0.25, -0.2) is 4.79 Å². The number of aryl methyl sites for hydroxylation is 1. The molecule has 0 radical (unpaired) electrons. The molecule has 30 heavy (non-hydrogen) atoms. The van der Waals surface area contributed by atoms with Gasteiger partial charge in [0.05, 0.1) is 30.8 Å². The number of anilines is 1. The van der Waals surface area contributed by atoms with Crippen LogP contribution in [0, 0.1) is 12.8 Å². The number of fused-ring (bicyclic) bond motifs is 2. The molecule has 1 amide bonds. The number of Topliss-reactive ketones (excluding diaryl/α,β-unsaturated/α-hetero) is 1. The Balaban J connectivity index is 1.39. The Morgan fingerprint density at radius 2 is 1.97 bits per heavy atom. The summed E-state index contributed by atoms with van der Waals surface area (Å²) < 4.78 is 4.67. The topological polar surface area (TPSA) is 88.1 Å². The van der Waals surface area contributed by atoms with Crippen molar-refractivity contribution in [1.29, 1.82) is 0 Å². The minimum Gasteiger partial charge on any atom is -0.465 e. The molecule has 154 valence electrons. The number of benzene rings is 2. The maximum atomic E-state index is 13.0. The molecular formula is C23H23N3O4. The van der Waals surface area contributed by atoms with Gasteiger partial charge in [-0.3, -0.25) is 19.5 Å². The van der Waals surface area contributed by atoms with Gasteiger partial charge in [0.25, 0.3) is 0 Å². The van der Waals surface area contributed by atoms with Gasteiger partial charge in [-0.1, -0.05) is 11.6 Å². The highest BCUT2D eigenvalue weighted by Crippen LogP contribution is 2.32. The Bertz CT molecular complexity index is 1040. The first-order valence-electron chi connectivity index (χ1n) is 9.87. The number of methoxy groups -OCH3 is 1. The van der Waals surface area contributed by atoms with Crippen LogP contribution >= 0.6 is 0 Å². The lowest BCUT2D eigenvalue weighted by Gasteiger charge is -2.34. The fourth-order valence-electron chi connectivity index (χ4n) is 3.91. The van der Waals surface area contributed by atoms with Crippen molar-refractivity contribution in [3.8, 4) is 0 Å². The maximum Gasteiger partial charge on any atom is 0.337 e. The largest absolute Gasteiger partial charge is 0.465 e. The quantitative estimate of drug-likeness (QED) is 0.790. The van der Waals surface area contributed by atoms with Gasteiger partial charge >= 0.3 is 5.97 Å². The summed E-state index contributed by atoms with van der Waals surface area (Å²) in [5.74, 6) is -0.796. The molecule has 2 aromatic carbocycles. The second-order valence-corrected chi connectivity index (χ2v) is 7.64. The third-order valence-electron chi connectivity index (χ3n) is 5.48. The van der Waals surface area contributed by atoms with Gasteiger partial charge in [0.2, 0.25) is 5.91 Å². The monoisotopic (exact) mass is 405 g/mol. The fraction of sp³-hybridized carbons (Fsp3) is 0.304. The number of piperidine rings is 1. The number of ether oxygens (including phenoxy) is 1. The molecule has 1 atom stereocenters. The van der Waals surface area contributed by atoms with E-state index in [-0.39, 0.29) is 24.2 Å². The molecule has 4 rings (SSSR count). The first-order valence-corrected chi connectivity index (χ1v) is 9.87. The molecule has 1 saturated heterocycles. The number of rotatable bonds is 4. The molecule has 2 aliphatic heterocycles. The van der Waals surface area contributed by atoms with Crippen LogP contribution < -0.4 is 5.32 Å². The Hall–Kier alpha value is -3.32. The van der Waals surface area contributed by atoms with E-state index in [1.807, 2.05) is 30.0 Å². The molecule has 0 bridgehead atoms. The molecule has 1 unspecified atom stereocenters. The van der Waals surface area contributed by atoms with Crippen molar-refractivity contribution in [2.75, 3.05) is 32.1 Å². The van der Waals surface area contributed by atoms with E-state index in [0.717, 1.165) is 17.0 Å². The highest BCUT2D eigenvalue weighted by atomic mass is 16.5. The van der Waals surface area contributed by atoms with Crippen molar-refractivity contribution in [3.63, 3.8) is 0 Å². The predicted molar refractivity (Wildman–Crippen MR) is 114 cm³/mol. The number of likely N-dealkylation sites (tertiary alicyclic amines) is 1. The van der Waals surface area contributed by atoms with Gasteiger partial charge < -0.3 is 10.1 Å². The SMILES string of the molecule is COC(=O)c1ccc(NC(=O)CN2CCC3=Nc4ccc(C)cc4C(=O)C3C2)cc1. The molecule has 0 aliphatic carbocycles. The minimum absolute atomic E-state index is 0.0854. The van der Waals surface area contributed by atoms with Gasteiger partial charge in [-0.05, 0) is 49.7 Å². The van der Waals surface area contributed by atoms with E-state index in [4.69, 9.17) is 4.99 Å². The van der Waals surface area contributed by atoms with Crippen LogP contribution in [0.3, 0.4) is 0 Å². The maximum absolute atomic E-state index is 13.0. The van der Waals surface area contributed by atoms with Crippen LogP contribution in [0.1, 0.15) is 32.7 Å². The summed E-state index contributed by atoms with van der Waals surface area (Å²) in [6.07, 6.45) is 0.671. The van der Waals surface area contributed by atoms with E-state index in [1.54, 1.807) is 24.3 Å². The number of carbonyl (C=O) groups excluding carboxylic acids is 3. The fourth-order valence-corrected chi connectivity index (χ4v) is 3.91. The minimum atomic E-state index is -0.424. The number of nitrogens with one attached hydrogen (secondary N) is 1. The molecule has 2 aromatic rings. The van der Waals surface area contributed by atoms with Gasteiger partial charge in [-0.2, -0.15) is 0 Å². The molecule has 0 aromatic heterocycles. The average Bonchev–Trinajstić information content (AvgIpc) is 2.75. The first kappa shape index (κ1) is 20.0. The molecule has 0 saturated carbocycles. The van der Waals surface area contributed by atoms with E-state index < -0.39 is 5.97 Å². The van der Waals surface area contributed by atoms with E-state index >= 15 is 0 Å². The predicted octanol–water partition coefficient (Wildman–Crippen LogP) is 3.01. The van der Waals surface area contributed by atoms with E-state index in [2.05, 4.69) is 10.1 Å². The zero-order chi connectivity index (χ0) is 21.3. The summed E-state index contributed by atoms with van der Waals surface area (Å²) in [4.78, 5) is 43.7. The Morgan fingerprint density at radius 1 is 1.20 bits per heavy atom. The molecule has 7 nitrogen and oxygen atoms in total. The lowest BCUT2D eigenvalue weighted by molar-refractivity contribution is -0.117. The molecule has 2 aliphatic rings. The number of nitrogens with zero attached hydrogens (tertiary/aromatic N) is 2. The second-order valence-electron chi connectivity index (χ2n) is 7.64. The normalized spacial score (nSPS) is 18.1. The second kappa shape index (κ2) is 8.20. The molecule has 0 spiro atoms. The van der Waals surface area contributed by atoms with Crippen LogP contribution in [0.15, 0.2) is 47.5 Å². The van der Waals surface area contributed by atoms with Crippen molar-refractivity contribution in [3.05, 3.63) is 59.2 Å². The highest BCUT2D eigenvalue weighted by molar-refractivity contribution is 6.18. The van der Waals surface area contributed by atoms with Gasteiger partial charge in [0.1, 0.15) is 0 Å². The zero-order valence-corrected chi connectivity index (χ0v) is 17.0. The Morgan fingerprint density at radius 3 is 2.70 bits per heavy atom. The van der Waals surface area contributed by atoms with Gasteiger partial charge in [-0.15, -0.1) is 0 Å². The number of hydrogen-bond donors (Lipinski definition) is 1. The van der Waals surface area contributed by atoms with Crippen molar-refractivity contribution in [1.82, 2.24) is 4.90 Å². The van der Waals surface area contributed by atoms with E-state index in [9.17, 15) is 14.4 Å². The average molecular weight is 405 g/mol. The molecular weight excluding hydrogens is 382 g/mol. The third-order valence-corrected chi connectivity index (χ3v) is 5.48. The van der Waals surface area contributed by atoms with Crippen LogP contribution in [0.2, 0.25) is 0 Å². The molecule has 1 fully saturated rings. The van der Waals surface area contributed by atoms with E-state index in [1.165, 1.54) is 7.11 Å². The summed E-state index contributed by atoms with van der Waals surface area (Å²) in [5.41, 5.74) is 4.38. The number of amides is 1. The number of aliphatic imine (C=N–C) groups is 1. The Labute approximate surface area is 174 Å². The number of ketones is 1. The third kappa shape index (κ3) is 4.02. The summed E-state index contributed by atoms with van der Waals surface area (Å²) in [6.45, 7) is 3.32. The number of hydrogen-bond acceptors (Lipinski definition) is 6.